The molecule has 1 aliphatic heterocycles. The maximum Gasteiger partial charge on any atom is 0.490 e. The minimum Gasteiger partial charge on any atom is -0.475 e. The summed E-state index contributed by atoms with van der Waals surface area (Å²) in [5.41, 5.74) is 3.60. The summed E-state index contributed by atoms with van der Waals surface area (Å²) in [6.07, 6.45) is 0.334. The second-order valence-electron chi connectivity index (χ2n) is 9.11. The van der Waals surface area contributed by atoms with Crippen LogP contribution in [0.2, 0.25) is 0 Å². The molecule has 6 rings (SSSR count). The summed E-state index contributed by atoms with van der Waals surface area (Å²) in [4.78, 5) is 37.0. The lowest BCUT2D eigenvalue weighted by atomic mass is 10.2. The number of nitrogens with zero attached hydrogens (tertiary/aromatic N) is 7. The molecule has 214 valence electrons. The van der Waals surface area contributed by atoms with Gasteiger partial charge >= 0.3 is 18.2 Å². The number of anilines is 3. The number of ether oxygens (including phenoxy) is 1. The summed E-state index contributed by atoms with van der Waals surface area (Å²) >= 11 is 0. The Bertz CT molecular complexity index is 1520. The number of carbonyl (C=O) groups excluding carboxylic acids is 1. The van der Waals surface area contributed by atoms with E-state index in [1.165, 1.54) is 0 Å². The molecule has 0 spiro atoms. The van der Waals surface area contributed by atoms with Crippen molar-refractivity contribution in [3.63, 3.8) is 0 Å². The number of amides is 2. The molecule has 41 heavy (non-hydrogen) atoms. The second-order valence-corrected chi connectivity index (χ2v) is 9.11. The summed E-state index contributed by atoms with van der Waals surface area (Å²) in [6, 6.07) is 11.0. The maximum atomic E-state index is 12.3. The molecule has 1 aromatic carbocycles. The van der Waals surface area contributed by atoms with Crippen molar-refractivity contribution in [1.29, 1.82) is 0 Å². The number of rotatable bonds is 5. The van der Waals surface area contributed by atoms with Gasteiger partial charge in [0, 0.05) is 30.5 Å². The minimum absolute atomic E-state index is 0.340. The number of halogens is 3. The van der Waals surface area contributed by atoms with Gasteiger partial charge in [0.1, 0.15) is 0 Å². The molecule has 3 N–H and O–H groups in total. The van der Waals surface area contributed by atoms with Crippen molar-refractivity contribution in [2.75, 3.05) is 41.8 Å². The third-order valence-corrected chi connectivity index (χ3v) is 6.07. The number of alkyl halides is 3. The van der Waals surface area contributed by atoms with Gasteiger partial charge in [0.05, 0.1) is 31.1 Å². The van der Waals surface area contributed by atoms with E-state index in [9.17, 15) is 18.0 Å². The number of benzene rings is 1. The van der Waals surface area contributed by atoms with Gasteiger partial charge in [-0.3, -0.25) is 4.98 Å². The van der Waals surface area contributed by atoms with Crippen LogP contribution >= 0.6 is 0 Å². The molecule has 16 heteroatoms. The number of hydrogen-bond donors (Lipinski definition) is 3. The number of hydrogen-bond acceptors (Lipinski definition) is 9. The number of nitrogens with one attached hydrogen (secondary N) is 2. The predicted octanol–water partition coefficient (Wildman–Crippen LogP) is 3.73. The van der Waals surface area contributed by atoms with Gasteiger partial charge in [-0.05, 0) is 49.2 Å². The fraction of sp³-hybridized carbons (Fsp3) is 0.320. The summed E-state index contributed by atoms with van der Waals surface area (Å²) < 4.78 is 39.2. The first-order valence-electron chi connectivity index (χ1n) is 12.5. The first-order chi connectivity index (χ1) is 19.7. The molecule has 0 radical (unpaired) electrons. The monoisotopic (exact) mass is 571 g/mol. The third-order valence-electron chi connectivity index (χ3n) is 6.07. The molecule has 3 aromatic heterocycles. The van der Waals surface area contributed by atoms with Crippen LogP contribution in [0.5, 0.6) is 0 Å². The molecule has 0 atom stereocenters. The quantitative estimate of drug-likeness (QED) is 0.322. The first-order valence-corrected chi connectivity index (χ1v) is 12.5. The molecular formula is C25H24F3N9O4. The van der Waals surface area contributed by atoms with Gasteiger partial charge in [0.2, 0.25) is 0 Å². The van der Waals surface area contributed by atoms with Gasteiger partial charge in [0.25, 0.3) is 0 Å². The first kappa shape index (κ1) is 27.7. The number of aliphatic carboxylic acids is 1. The Morgan fingerprint density at radius 3 is 2.29 bits per heavy atom. The summed E-state index contributed by atoms with van der Waals surface area (Å²) in [6.45, 7) is 2.80. The molecule has 1 aliphatic carbocycles. The van der Waals surface area contributed by atoms with Crippen LogP contribution in [0, 0.1) is 0 Å². The highest BCUT2D eigenvalue weighted by Gasteiger charge is 2.38. The molecular weight excluding hydrogens is 547 g/mol. The number of carboxylic acid groups (broad SMARTS) is 1. The number of carboxylic acids is 1. The van der Waals surface area contributed by atoms with Gasteiger partial charge in [-0.15, -0.1) is 5.10 Å². The SMILES string of the molecule is O=C(Nc1ccc(-c2nc(N3CCOCC3)c3nnn(C4CC4)c3n2)cc1)Nc1cccnc1.O=C(O)C(F)(F)F. The van der Waals surface area contributed by atoms with Crippen LogP contribution in [0.15, 0.2) is 48.8 Å². The zero-order valence-electron chi connectivity index (χ0n) is 21.4. The highest BCUT2D eigenvalue weighted by atomic mass is 19.4. The molecule has 2 aliphatic rings. The maximum absolute atomic E-state index is 12.3. The molecule has 2 fully saturated rings. The van der Waals surface area contributed by atoms with Gasteiger partial charge in [-0.25, -0.2) is 24.2 Å². The zero-order valence-corrected chi connectivity index (χ0v) is 21.4. The smallest absolute Gasteiger partial charge is 0.475 e. The fourth-order valence-corrected chi connectivity index (χ4v) is 3.94. The molecule has 1 saturated carbocycles. The lowest BCUT2D eigenvalue weighted by Crippen LogP contribution is -2.37. The van der Waals surface area contributed by atoms with Gasteiger partial charge < -0.3 is 25.4 Å². The minimum atomic E-state index is -5.08. The van der Waals surface area contributed by atoms with Crippen LogP contribution in [0.25, 0.3) is 22.6 Å². The van der Waals surface area contributed by atoms with E-state index >= 15 is 0 Å². The summed E-state index contributed by atoms with van der Waals surface area (Å²) in [5.74, 6) is -1.37. The number of urea groups is 1. The van der Waals surface area contributed by atoms with E-state index in [-0.39, 0.29) is 6.03 Å². The number of morpholine rings is 1. The van der Waals surface area contributed by atoms with Crippen molar-refractivity contribution in [2.45, 2.75) is 25.1 Å². The molecule has 0 unspecified atom stereocenters. The van der Waals surface area contributed by atoms with Crippen molar-refractivity contribution < 1.29 is 32.6 Å². The molecule has 4 aromatic rings. The van der Waals surface area contributed by atoms with Crippen molar-refractivity contribution in [2.24, 2.45) is 0 Å². The van der Waals surface area contributed by atoms with Crippen LogP contribution in [0.3, 0.4) is 0 Å². The van der Waals surface area contributed by atoms with E-state index < -0.39 is 12.1 Å². The van der Waals surface area contributed by atoms with Crippen molar-refractivity contribution >= 4 is 40.4 Å². The predicted molar refractivity (Wildman–Crippen MR) is 140 cm³/mol. The van der Waals surface area contributed by atoms with E-state index in [0.29, 0.717) is 36.5 Å². The van der Waals surface area contributed by atoms with Crippen LogP contribution in [0.4, 0.5) is 35.2 Å². The van der Waals surface area contributed by atoms with E-state index in [2.05, 4.69) is 30.8 Å². The normalized spacial score (nSPS) is 15.1. The van der Waals surface area contributed by atoms with Crippen LogP contribution < -0.4 is 15.5 Å². The molecule has 4 heterocycles. The number of carbonyl (C=O) groups is 2. The third kappa shape index (κ3) is 6.84. The van der Waals surface area contributed by atoms with Gasteiger partial charge in [-0.1, -0.05) is 5.21 Å². The van der Waals surface area contributed by atoms with Crippen LogP contribution in [-0.4, -0.2) is 79.5 Å². The fourth-order valence-electron chi connectivity index (χ4n) is 3.94. The second kappa shape index (κ2) is 11.7. The average Bonchev–Trinajstić information content (AvgIpc) is 3.72. The van der Waals surface area contributed by atoms with Crippen molar-refractivity contribution in [3.8, 4) is 11.4 Å². The van der Waals surface area contributed by atoms with Crippen molar-refractivity contribution in [3.05, 3.63) is 48.8 Å². The Morgan fingerprint density at radius 2 is 1.68 bits per heavy atom. The van der Waals surface area contributed by atoms with Gasteiger partial charge in [-0.2, -0.15) is 13.2 Å². The van der Waals surface area contributed by atoms with E-state index in [4.69, 9.17) is 24.6 Å². The number of aromatic nitrogens is 6. The van der Waals surface area contributed by atoms with Crippen molar-refractivity contribution in [1.82, 2.24) is 29.9 Å². The standard InChI is InChI=1S/C23H23N9O2.C2HF3O2/c33-23(26-17-2-1-9-24-14-17)25-16-5-3-15(4-6-16)20-27-21(31-10-12-34-13-11-31)19-22(28-20)32(30-29-19)18-7-8-18;3-2(4,5)1(6)7/h1-6,9,14,18H,7-8,10-13H2,(H2,25,26,33);(H,6,7). The van der Waals surface area contributed by atoms with E-state index in [1.807, 2.05) is 28.9 Å². The zero-order chi connectivity index (χ0) is 29.0. The Morgan fingerprint density at radius 1 is 1.00 bits per heavy atom. The number of fused-ring (bicyclic) bond motifs is 1. The topological polar surface area (TPSA) is 160 Å². The molecule has 2 amide bonds. The highest BCUT2D eigenvalue weighted by molar-refractivity contribution is 5.99. The number of pyridine rings is 1. The van der Waals surface area contributed by atoms with E-state index in [1.54, 1.807) is 24.5 Å². The lowest BCUT2D eigenvalue weighted by Gasteiger charge is -2.28. The Hall–Kier alpha value is -4.86. The Labute approximate surface area is 230 Å². The Balaban J connectivity index is 0.000000431. The molecule has 1 saturated heterocycles. The van der Waals surface area contributed by atoms with Crippen LogP contribution in [0.1, 0.15) is 18.9 Å². The van der Waals surface area contributed by atoms with E-state index in [0.717, 1.165) is 48.5 Å². The van der Waals surface area contributed by atoms with Crippen LogP contribution in [-0.2, 0) is 9.53 Å². The lowest BCUT2D eigenvalue weighted by molar-refractivity contribution is -0.192. The largest absolute Gasteiger partial charge is 0.490 e. The highest BCUT2D eigenvalue weighted by Crippen LogP contribution is 2.37. The van der Waals surface area contributed by atoms with Gasteiger partial charge in [0.15, 0.2) is 22.8 Å². The Kier molecular flexibility index (Phi) is 7.91. The summed E-state index contributed by atoms with van der Waals surface area (Å²) in [7, 11) is 0. The molecule has 0 bridgehead atoms. The summed E-state index contributed by atoms with van der Waals surface area (Å²) in [5, 5.41) is 21.5. The molecule has 13 nitrogen and oxygen atoms in total. The average molecular weight is 572 g/mol.